The predicted molar refractivity (Wildman–Crippen MR) is 95.5 cm³/mol. The van der Waals surface area contributed by atoms with Crippen LogP contribution >= 0.6 is 11.8 Å². The lowest BCUT2D eigenvalue weighted by atomic mass is 10.1. The first-order valence-corrected chi connectivity index (χ1v) is 9.62. The molecule has 1 amide bonds. The molecule has 0 spiro atoms. The Bertz CT molecular complexity index is 563. The van der Waals surface area contributed by atoms with Crippen molar-refractivity contribution in [2.45, 2.75) is 36.3 Å². The molecule has 1 aromatic carbocycles. The molecule has 2 aliphatic rings. The van der Waals surface area contributed by atoms with Gasteiger partial charge in [-0.3, -0.25) is 9.69 Å². The maximum atomic E-state index is 12.5. The molecule has 2 aliphatic heterocycles. The molecule has 0 bridgehead atoms. The summed E-state index contributed by atoms with van der Waals surface area (Å²) in [5.41, 5.74) is 0. The number of ether oxygens (including phenoxy) is 1. The lowest BCUT2D eigenvalue weighted by Gasteiger charge is -2.33. The van der Waals surface area contributed by atoms with Crippen molar-refractivity contribution in [1.29, 1.82) is 0 Å². The molecule has 2 fully saturated rings. The summed E-state index contributed by atoms with van der Waals surface area (Å²) >= 11 is 1.52. The van der Waals surface area contributed by atoms with Crippen LogP contribution in [0.25, 0.3) is 0 Å². The third-order valence-corrected chi connectivity index (χ3v) is 5.85. The lowest BCUT2D eigenvalue weighted by molar-refractivity contribution is -0.127. The zero-order chi connectivity index (χ0) is 16.9. The molecule has 5 nitrogen and oxygen atoms in total. The van der Waals surface area contributed by atoms with Gasteiger partial charge in [-0.2, -0.15) is 0 Å². The van der Waals surface area contributed by atoms with Gasteiger partial charge in [0.2, 0.25) is 5.91 Å². The number of carbonyl (C=O) groups is 1. The highest BCUT2D eigenvalue weighted by Crippen LogP contribution is 2.25. The van der Waals surface area contributed by atoms with Crippen LogP contribution in [-0.4, -0.2) is 72.0 Å². The third kappa shape index (κ3) is 4.23. The van der Waals surface area contributed by atoms with E-state index in [0.717, 1.165) is 23.7 Å². The molecule has 24 heavy (non-hydrogen) atoms. The molecule has 2 atom stereocenters. The van der Waals surface area contributed by atoms with E-state index in [0.29, 0.717) is 18.8 Å². The Kier molecular flexibility index (Phi) is 6.03. The molecule has 0 saturated carbocycles. The topological polar surface area (TPSA) is 53.0 Å². The van der Waals surface area contributed by atoms with Crippen molar-refractivity contribution in [3.63, 3.8) is 0 Å². The molecule has 1 N–H and O–H groups in total. The van der Waals surface area contributed by atoms with Crippen molar-refractivity contribution in [3.05, 3.63) is 24.3 Å². The van der Waals surface area contributed by atoms with Crippen LogP contribution in [0.15, 0.2) is 29.2 Å². The summed E-state index contributed by atoms with van der Waals surface area (Å²) in [4.78, 5) is 17.7. The van der Waals surface area contributed by atoms with E-state index in [1.54, 1.807) is 7.11 Å². The van der Waals surface area contributed by atoms with Crippen molar-refractivity contribution in [1.82, 2.24) is 9.80 Å². The average Bonchev–Trinajstić information content (AvgIpc) is 3.02. The Morgan fingerprint density at radius 3 is 2.83 bits per heavy atom. The van der Waals surface area contributed by atoms with E-state index < -0.39 is 6.10 Å². The molecule has 1 aromatic rings. The minimum atomic E-state index is -0.422. The Balaban J connectivity index is 1.51. The number of benzene rings is 1. The fourth-order valence-electron chi connectivity index (χ4n) is 3.51. The van der Waals surface area contributed by atoms with Gasteiger partial charge in [0, 0.05) is 18.0 Å². The van der Waals surface area contributed by atoms with Gasteiger partial charge in [0.1, 0.15) is 5.75 Å². The van der Waals surface area contributed by atoms with Gasteiger partial charge in [-0.05, 0) is 44.1 Å². The number of β-amino-alcohol motifs (C(OH)–C–C–N with tert-alkyl or cyclic N) is 1. The van der Waals surface area contributed by atoms with E-state index in [1.807, 2.05) is 29.2 Å². The maximum absolute atomic E-state index is 12.5. The van der Waals surface area contributed by atoms with Crippen molar-refractivity contribution in [2.75, 3.05) is 39.0 Å². The van der Waals surface area contributed by atoms with Crippen molar-refractivity contribution in [2.24, 2.45) is 0 Å². The first-order chi connectivity index (χ1) is 11.7. The van der Waals surface area contributed by atoms with Gasteiger partial charge in [0.05, 0.1) is 25.0 Å². The van der Waals surface area contributed by atoms with Gasteiger partial charge in [-0.25, -0.2) is 0 Å². The summed E-state index contributed by atoms with van der Waals surface area (Å²) in [7, 11) is 1.64. The fraction of sp³-hybridized carbons (Fsp3) is 0.611. The lowest BCUT2D eigenvalue weighted by Crippen LogP contribution is -2.46. The van der Waals surface area contributed by atoms with Gasteiger partial charge in [-0.1, -0.05) is 12.5 Å². The molecule has 0 aliphatic carbocycles. The summed E-state index contributed by atoms with van der Waals surface area (Å²) in [6.45, 7) is 3.20. The average molecular weight is 350 g/mol. The number of amides is 1. The van der Waals surface area contributed by atoms with Crippen LogP contribution in [0.2, 0.25) is 0 Å². The molecule has 2 saturated heterocycles. The van der Waals surface area contributed by atoms with Crippen LogP contribution in [0.5, 0.6) is 5.75 Å². The Hall–Kier alpha value is -1.24. The first kappa shape index (κ1) is 17.6. The van der Waals surface area contributed by atoms with Crippen LogP contribution < -0.4 is 4.74 Å². The quantitative estimate of drug-likeness (QED) is 0.822. The normalized spacial score (nSPS) is 25.0. The van der Waals surface area contributed by atoms with Crippen molar-refractivity contribution < 1.29 is 14.6 Å². The van der Waals surface area contributed by atoms with Gasteiger partial charge in [0.25, 0.3) is 0 Å². The van der Waals surface area contributed by atoms with Crippen LogP contribution in [0, 0.1) is 0 Å². The molecular formula is C18H26N2O3S. The molecular weight excluding hydrogens is 324 g/mol. The number of hydrogen-bond donors (Lipinski definition) is 1. The minimum Gasteiger partial charge on any atom is -0.497 e. The SMILES string of the molecule is COc1cccc(SCC(=O)N2C[C@H](O)[C@@H](N3CCCCC3)C2)c1. The number of likely N-dealkylation sites (tertiary alicyclic amines) is 2. The minimum absolute atomic E-state index is 0.0985. The number of aliphatic hydroxyl groups is 1. The van der Waals surface area contributed by atoms with Gasteiger partial charge >= 0.3 is 0 Å². The van der Waals surface area contributed by atoms with E-state index in [2.05, 4.69) is 4.90 Å². The number of nitrogens with zero attached hydrogens (tertiary/aromatic N) is 2. The summed E-state index contributed by atoms with van der Waals surface area (Å²) in [6.07, 6.45) is 3.25. The number of piperidine rings is 1. The van der Waals surface area contributed by atoms with Crippen LogP contribution in [0.1, 0.15) is 19.3 Å². The number of aliphatic hydroxyl groups excluding tert-OH is 1. The van der Waals surface area contributed by atoms with E-state index in [9.17, 15) is 9.90 Å². The highest BCUT2D eigenvalue weighted by molar-refractivity contribution is 8.00. The molecule has 6 heteroatoms. The summed E-state index contributed by atoms with van der Waals surface area (Å²) in [6, 6.07) is 7.85. The van der Waals surface area contributed by atoms with E-state index in [4.69, 9.17) is 4.74 Å². The van der Waals surface area contributed by atoms with Crippen LogP contribution in [0.4, 0.5) is 0 Å². The van der Waals surface area contributed by atoms with Crippen molar-refractivity contribution in [3.8, 4) is 5.75 Å². The second-order valence-electron chi connectivity index (χ2n) is 6.50. The standard InChI is InChI=1S/C18H26N2O3S/c1-23-14-6-5-7-15(10-14)24-13-18(22)20-11-16(17(21)12-20)19-8-3-2-4-9-19/h5-7,10,16-17,21H,2-4,8-9,11-13H2,1H3/t16-,17-/m0/s1. The maximum Gasteiger partial charge on any atom is 0.233 e. The largest absolute Gasteiger partial charge is 0.497 e. The monoisotopic (exact) mass is 350 g/mol. The Labute approximate surface area is 148 Å². The van der Waals surface area contributed by atoms with E-state index in [1.165, 1.54) is 31.0 Å². The first-order valence-electron chi connectivity index (χ1n) is 8.64. The smallest absolute Gasteiger partial charge is 0.233 e. The van der Waals surface area contributed by atoms with Gasteiger partial charge in [0.15, 0.2) is 0 Å². The number of thioether (sulfide) groups is 1. The molecule has 2 heterocycles. The third-order valence-electron chi connectivity index (χ3n) is 4.87. The highest BCUT2D eigenvalue weighted by atomic mass is 32.2. The second kappa shape index (κ2) is 8.23. The highest BCUT2D eigenvalue weighted by Gasteiger charge is 2.37. The molecule has 0 aromatic heterocycles. The summed E-state index contributed by atoms with van der Waals surface area (Å²) in [5, 5.41) is 10.4. The Morgan fingerprint density at radius 2 is 2.08 bits per heavy atom. The van der Waals surface area contributed by atoms with Gasteiger partial charge in [-0.15, -0.1) is 11.8 Å². The second-order valence-corrected chi connectivity index (χ2v) is 7.55. The molecule has 0 unspecified atom stereocenters. The number of rotatable bonds is 5. The summed E-state index contributed by atoms with van der Waals surface area (Å²) in [5.74, 6) is 1.29. The fourth-order valence-corrected chi connectivity index (χ4v) is 4.36. The molecule has 0 radical (unpaired) electrons. The molecule has 3 rings (SSSR count). The van der Waals surface area contributed by atoms with Gasteiger partial charge < -0.3 is 14.7 Å². The van der Waals surface area contributed by atoms with Crippen LogP contribution in [-0.2, 0) is 4.79 Å². The van der Waals surface area contributed by atoms with E-state index in [-0.39, 0.29) is 11.9 Å². The number of methoxy groups -OCH3 is 1. The predicted octanol–water partition coefficient (Wildman–Crippen LogP) is 1.84. The number of carbonyl (C=O) groups excluding carboxylic acids is 1. The summed E-state index contributed by atoms with van der Waals surface area (Å²) < 4.78 is 5.21. The number of hydrogen-bond acceptors (Lipinski definition) is 5. The van der Waals surface area contributed by atoms with Crippen molar-refractivity contribution >= 4 is 17.7 Å². The van der Waals surface area contributed by atoms with E-state index >= 15 is 0 Å². The van der Waals surface area contributed by atoms with Crippen LogP contribution in [0.3, 0.4) is 0 Å². The molecule has 132 valence electrons. The zero-order valence-electron chi connectivity index (χ0n) is 14.2. The zero-order valence-corrected chi connectivity index (χ0v) is 15.0. The Morgan fingerprint density at radius 1 is 1.29 bits per heavy atom.